The van der Waals surface area contributed by atoms with Gasteiger partial charge in [-0.25, -0.2) is 0 Å². The van der Waals surface area contributed by atoms with Crippen LogP contribution in [0.15, 0.2) is 12.2 Å². The topological polar surface area (TPSA) is 38.0 Å². The van der Waals surface area contributed by atoms with Crippen molar-refractivity contribution in [1.82, 2.24) is 5.32 Å². The van der Waals surface area contributed by atoms with Crippen molar-refractivity contribution in [2.75, 3.05) is 24.6 Å². The van der Waals surface area contributed by atoms with Gasteiger partial charge in [-0.2, -0.15) is 11.8 Å². The van der Waals surface area contributed by atoms with Crippen molar-refractivity contribution in [3.8, 4) is 0 Å². The van der Waals surface area contributed by atoms with E-state index >= 15 is 0 Å². The Kier molecular flexibility index (Phi) is 4.84. The zero-order chi connectivity index (χ0) is 9.68. The monoisotopic (exact) mass is 200 g/mol. The van der Waals surface area contributed by atoms with Crippen LogP contribution in [0.4, 0.5) is 0 Å². The van der Waals surface area contributed by atoms with Crippen molar-refractivity contribution in [3.63, 3.8) is 0 Å². The lowest BCUT2D eigenvalue weighted by Crippen LogP contribution is -2.42. The number of hydrogen-bond acceptors (Lipinski definition) is 3. The van der Waals surface area contributed by atoms with E-state index in [2.05, 4.69) is 11.9 Å². The first-order valence-electron chi connectivity index (χ1n) is 4.89. The zero-order valence-electron chi connectivity index (χ0n) is 8.38. The third-order valence-electron chi connectivity index (χ3n) is 2.45. The molecule has 2 atom stereocenters. The molecule has 1 aliphatic heterocycles. The maximum atomic E-state index is 5.74. The van der Waals surface area contributed by atoms with Gasteiger partial charge in [0.05, 0.1) is 0 Å². The average Bonchev–Trinajstić information content (AvgIpc) is 2.58. The Morgan fingerprint density at radius 3 is 3.00 bits per heavy atom. The van der Waals surface area contributed by atoms with Gasteiger partial charge in [0.15, 0.2) is 0 Å². The van der Waals surface area contributed by atoms with E-state index in [4.69, 9.17) is 5.73 Å². The Hall–Kier alpha value is 0.0100. The van der Waals surface area contributed by atoms with Crippen LogP contribution in [0.25, 0.3) is 0 Å². The predicted molar refractivity (Wildman–Crippen MR) is 61.1 cm³/mol. The Balaban J connectivity index is 2.28. The summed E-state index contributed by atoms with van der Waals surface area (Å²) in [5.74, 6) is 3.34. The number of nitrogens with two attached hydrogens (primary N) is 1. The van der Waals surface area contributed by atoms with E-state index in [0.29, 0.717) is 6.04 Å². The van der Waals surface area contributed by atoms with E-state index < -0.39 is 0 Å². The molecule has 13 heavy (non-hydrogen) atoms. The van der Waals surface area contributed by atoms with E-state index in [1.54, 1.807) is 0 Å². The first-order chi connectivity index (χ1) is 6.24. The maximum absolute atomic E-state index is 5.74. The standard InChI is InChI=1S/C10H20N2S/c1-8(2)6-12-10(5-11)9-3-4-13-7-9/h9-10,12H,1,3-7,11H2,2H3. The molecular formula is C10H20N2S. The van der Waals surface area contributed by atoms with E-state index in [1.807, 2.05) is 18.7 Å². The molecule has 0 amide bonds. The smallest absolute Gasteiger partial charge is 0.0229 e. The molecule has 0 aliphatic carbocycles. The minimum atomic E-state index is 0.492. The number of thioether (sulfide) groups is 1. The molecule has 1 heterocycles. The van der Waals surface area contributed by atoms with Crippen LogP contribution < -0.4 is 11.1 Å². The Morgan fingerprint density at radius 1 is 1.77 bits per heavy atom. The molecule has 1 fully saturated rings. The van der Waals surface area contributed by atoms with Gasteiger partial charge in [0, 0.05) is 19.1 Å². The zero-order valence-corrected chi connectivity index (χ0v) is 9.20. The van der Waals surface area contributed by atoms with Crippen LogP contribution in [0.2, 0.25) is 0 Å². The van der Waals surface area contributed by atoms with Crippen molar-refractivity contribution in [2.24, 2.45) is 11.7 Å². The second kappa shape index (κ2) is 5.68. The van der Waals surface area contributed by atoms with Crippen molar-refractivity contribution < 1.29 is 0 Å². The number of nitrogens with one attached hydrogen (secondary N) is 1. The summed E-state index contributed by atoms with van der Waals surface area (Å²) >= 11 is 2.04. The van der Waals surface area contributed by atoms with Crippen LogP contribution in [0.3, 0.4) is 0 Å². The minimum Gasteiger partial charge on any atom is -0.329 e. The second-order valence-electron chi connectivity index (χ2n) is 3.80. The highest BCUT2D eigenvalue weighted by Gasteiger charge is 2.23. The molecule has 0 aromatic heterocycles. The van der Waals surface area contributed by atoms with Crippen LogP contribution in [-0.4, -0.2) is 30.6 Å². The van der Waals surface area contributed by atoms with Gasteiger partial charge in [-0.1, -0.05) is 12.2 Å². The quantitative estimate of drug-likeness (QED) is 0.656. The highest BCUT2D eigenvalue weighted by molar-refractivity contribution is 7.99. The summed E-state index contributed by atoms with van der Waals surface area (Å²) in [6.07, 6.45) is 1.32. The third kappa shape index (κ3) is 3.71. The van der Waals surface area contributed by atoms with Crippen LogP contribution in [0.1, 0.15) is 13.3 Å². The molecular weight excluding hydrogens is 180 g/mol. The second-order valence-corrected chi connectivity index (χ2v) is 4.95. The molecule has 3 N–H and O–H groups in total. The normalized spacial score (nSPS) is 24.6. The van der Waals surface area contributed by atoms with Crippen LogP contribution in [0.5, 0.6) is 0 Å². The number of rotatable bonds is 5. The SMILES string of the molecule is C=C(C)CNC(CN)C1CCSC1. The van der Waals surface area contributed by atoms with Crippen molar-refractivity contribution in [1.29, 1.82) is 0 Å². The molecule has 3 heteroatoms. The summed E-state index contributed by atoms with van der Waals surface area (Å²) in [4.78, 5) is 0. The summed E-state index contributed by atoms with van der Waals surface area (Å²) in [7, 11) is 0. The van der Waals surface area contributed by atoms with Gasteiger partial charge in [0.1, 0.15) is 0 Å². The largest absolute Gasteiger partial charge is 0.329 e. The van der Waals surface area contributed by atoms with E-state index in [9.17, 15) is 0 Å². The maximum Gasteiger partial charge on any atom is 0.0229 e. The van der Waals surface area contributed by atoms with Crippen LogP contribution in [0, 0.1) is 5.92 Å². The predicted octanol–water partition coefficient (Wildman–Crippen LogP) is 1.23. The van der Waals surface area contributed by atoms with Crippen molar-refractivity contribution in [3.05, 3.63) is 12.2 Å². The molecule has 1 rings (SSSR count). The Morgan fingerprint density at radius 2 is 2.54 bits per heavy atom. The molecule has 0 spiro atoms. The molecule has 0 saturated carbocycles. The van der Waals surface area contributed by atoms with E-state index in [-0.39, 0.29) is 0 Å². The number of hydrogen-bond donors (Lipinski definition) is 2. The van der Waals surface area contributed by atoms with Gasteiger partial charge in [-0.05, 0) is 30.8 Å². The van der Waals surface area contributed by atoms with Crippen LogP contribution in [-0.2, 0) is 0 Å². The van der Waals surface area contributed by atoms with Gasteiger partial charge >= 0.3 is 0 Å². The molecule has 0 bridgehead atoms. The average molecular weight is 200 g/mol. The molecule has 0 aromatic rings. The van der Waals surface area contributed by atoms with Gasteiger partial charge in [0.25, 0.3) is 0 Å². The lowest BCUT2D eigenvalue weighted by molar-refractivity contribution is 0.400. The lowest BCUT2D eigenvalue weighted by atomic mass is 9.99. The third-order valence-corrected chi connectivity index (χ3v) is 3.64. The summed E-state index contributed by atoms with van der Waals surface area (Å²) in [6, 6.07) is 0.492. The molecule has 1 aliphatic rings. The Labute approximate surface area is 85.3 Å². The summed E-state index contributed by atoms with van der Waals surface area (Å²) in [6.45, 7) is 7.58. The first kappa shape index (κ1) is 11.1. The highest BCUT2D eigenvalue weighted by atomic mass is 32.2. The van der Waals surface area contributed by atoms with Gasteiger partial charge in [0.2, 0.25) is 0 Å². The fraction of sp³-hybridized carbons (Fsp3) is 0.800. The van der Waals surface area contributed by atoms with Gasteiger partial charge in [-0.15, -0.1) is 0 Å². The fourth-order valence-corrected chi connectivity index (χ4v) is 2.96. The van der Waals surface area contributed by atoms with Crippen molar-refractivity contribution >= 4 is 11.8 Å². The molecule has 1 saturated heterocycles. The first-order valence-corrected chi connectivity index (χ1v) is 6.05. The highest BCUT2D eigenvalue weighted by Crippen LogP contribution is 2.25. The van der Waals surface area contributed by atoms with Crippen LogP contribution >= 0.6 is 11.8 Å². The van der Waals surface area contributed by atoms with Gasteiger partial charge in [-0.3, -0.25) is 0 Å². The summed E-state index contributed by atoms with van der Waals surface area (Å²) in [5, 5.41) is 3.47. The minimum absolute atomic E-state index is 0.492. The van der Waals surface area contributed by atoms with E-state index in [0.717, 1.165) is 19.0 Å². The fourth-order valence-electron chi connectivity index (χ4n) is 1.62. The lowest BCUT2D eigenvalue weighted by Gasteiger charge is -2.22. The van der Waals surface area contributed by atoms with E-state index in [1.165, 1.54) is 23.5 Å². The summed E-state index contributed by atoms with van der Waals surface area (Å²) < 4.78 is 0. The molecule has 0 radical (unpaired) electrons. The Bertz CT molecular complexity index is 164. The molecule has 2 nitrogen and oxygen atoms in total. The van der Waals surface area contributed by atoms with Crippen molar-refractivity contribution in [2.45, 2.75) is 19.4 Å². The summed E-state index contributed by atoms with van der Waals surface area (Å²) in [5.41, 5.74) is 6.92. The molecule has 0 aromatic carbocycles. The molecule has 2 unspecified atom stereocenters. The molecule has 76 valence electrons. The van der Waals surface area contributed by atoms with Gasteiger partial charge < -0.3 is 11.1 Å².